The van der Waals surface area contributed by atoms with Crippen LogP contribution in [0.25, 0.3) is 10.9 Å². The number of aromatic nitrogens is 1. The number of nitrogens with zero attached hydrogens (tertiary/aromatic N) is 2. The summed E-state index contributed by atoms with van der Waals surface area (Å²) in [5, 5.41) is 4.87. The van der Waals surface area contributed by atoms with Crippen molar-refractivity contribution in [1.82, 2.24) is 15.2 Å². The molecule has 1 saturated heterocycles. The molecule has 1 N–H and O–H groups in total. The van der Waals surface area contributed by atoms with Gasteiger partial charge in [-0.05, 0) is 36.6 Å². The van der Waals surface area contributed by atoms with E-state index in [9.17, 15) is 0 Å². The Morgan fingerprint density at radius 1 is 1.19 bits per heavy atom. The van der Waals surface area contributed by atoms with Crippen LogP contribution in [0.5, 0.6) is 0 Å². The van der Waals surface area contributed by atoms with Gasteiger partial charge < -0.3 is 5.32 Å². The van der Waals surface area contributed by atoms with Crippen molar-refractivity contribution in [2.24, 2.45) is 0 Å². The third kappa shape index (κ3) is 2.45. The van der Waals surface area contributed by atoms with E-state index in [0.717, 1.165) is 18.6 Å². The molecule has 0 amide bonds. The van der Waals surface area contributed by atoms with Crippen molar-refractivity contribution in [3.05, 3.63) is 42.1 Å². The highest BCUT2D eigenvalue weighted by molar-refractivity contribution is 5.78. The van der Waals surface area contributed by atoms with E-state index < -0.39 is 0 Å². The van der Waals surface area contributed by atoms with E-state index in [1.807, 2.05) is 12.3 Å². The normalized spacial score (nSPS) is 22.1. The van der Waals surface area contributed by atoms with Crippen molar-refractivity contribution in [1.29, 1.82) is 0 Å². The number of fused-ring (bicyclic) bond motifs is 1. The molecule has 0 radical (unpaired) electrons. The Bertz CT molecular complexity index is 631. The average molecular weight is 281 g/mol. The highest BCUT2D eigenvalue weighted by Crippen LogP contribution is 2.37. The first-order chi connectivity index (χ1) is 10.4. The van der Waals surface area contributed by atoms with Gasteiger partial charge in [-0.25, -0.2) is 0 Å². The monoisotopic (exact) mass is 281 g/mol. The standard InChI is InChI=1S/C18H23N3/c1-2-8-18(7-1)14-19-10-11-21(18)13-15-5-6-17-16(12-15)4-3-9-20-17/h3-6,9,12,19H,1-2,7-8,10-11,13-14H2. The summed E-state index contributed by atoms with van der Waals surface area (Å²) >= 11 is 0. The lowest BCUT2D eigenvalue weighted by molar-refractivity contribution is 0.0573. The van der Waals surface area contributed by atoms with Crippen molar-refractivity contribution in [2.45, 2.75) is 37.8 Å². The third-order valence-electron chi connectivity index (χ3n) is 5.26. The molecule has 0 unspecified atom stereocenters. The van der Waals surface area contributed by atoms with Crippen LogP contribution in [0.2, 0.25) is 0 Å². The molecule has 0 bridgehead atoms. The summed E-state index contributed by atoms with van der Waals surface area (Å²) in [6.07, 6.45) is 7.36. The molecule has 2 fully saturated rings. The van der Waals surface area contributed by atoms with Crippen LogP contribution in [0.4, 0.5) is 0 Å². The third-order valence-corrected chi connectivity index (χ3v) is 5.26. The van der Waals surface area contributed by atoms with Crippen LogP contribution in [0.3, 0.4) is 0 Å². The average Bonchev–Trinajstić information content (AvgIpc) is 2.99. The van der Waals surface area contributed by atoms with Gasteiger partial charge in [0.1, 0.15) is 0 Å². The number of piperazine rings is 1. The molecule has 1 aromatic carbocycles. The van der Waals surface area contributed by atoms with Gasteiger partial charge in [0.05, 0.1) is 5.52 Å². The summed E-state index contributed by atoms with van der Waals surface area (Å²) in [6, 6.07) is 10.9. The first kappa shape index (κ1) is 13.2. The molecule has 0 atom stereocenters. The lowest BCUT2D eigenvalue weighted by atomic mass is 9.92. The maximum absolute atomic E-state index is 4.42. The number of benzene rings is 1. The van der Waals surface area contributed by atoms with Crippen LogP contribution >= 0.6 is 0 Å². The fraction of sp³-hybridized carbons (Fsp3) is 0.500. The molecular weight excluding hydrogens is 258 g/mol. The molecule has 110 valence electrons. The molecule has 2 aromatic rings. The van der Waals surface area contributed by atoms with Crippen LogP contribution in [0, 0.1) is 0 Å². The zero-order chi connectivity index (χ0) is 14.1. The van der Waals surface area contributed by atoms with E-state index in [1.165, 1.54) is 49.7 Å². The van der Waals surface area contributed by atoms with E-state index in [2.05, 4.69) is 39.5 Å². The smallest absolute Gasteiger partial charge is 0.0702 e. The summed E-state index contributed by atoms with van der Waals surface area (Å²) in [7, 11) is 0. The summed E-state index contributed by atoms with van der Waals surface area (Å²) in [6.45, 7) is 4.54. The predicted molar refractivity (Wildman–Crippen MR) is 86.2 cm³/mol. The quantitative estimate of drug-likeness (QED) is 0.917. The van der Waals surface area contributed by atoms with Gasteiger partial charge in [0.15, 0.2) is 0 Å². The topological polar surface area (TPSA) is 28.2 Å². The van der Waals surface area contributed by atoms with Gasteiger partial charge in [-0.1, -0.05) is 25.0 Å². The van der Waals surface area contributed by atoms with Crippen LogP contribution in [0.15, 0.2) is 36.5 Å². The number of pyridine rings is 1. The minimum atomic E-state index is 0.419. The van der Waals surface area contributed by atoms with E-state index in [0.29, 0.717) is 5.54 Å². The molecule has 3 nitrogen and oxygen atoms in total. The van der Waals surface area contributed by atoms with Gasteiger partial charge in [0, 0.05) is 43.3 Å². The molecule has 2 aliphatic rings. The fourth-order valence-corrected chi connectivity index (χ4v) is 4.10. The highest BCUT2D eigenvalue weighted by Gasteiger charge is 2.40. The number of rotatable bonds is 2. The largest absolute Gasteiger partial charge is 0.314 e. The fourth-order valence-electron chi connectivity index (χ4n) is 4.10. The molecular formula is C18H23N3. The van der Waals surface area contributed by atoms with Gasteiger partial charge in [0.2, 0.25) is 0 Å². The maximum Gasteiger partial charge on any atom is 0.0702 e. The van der Waals surface area contributed by atoms with Gasteiger partial charge in [-0.15, -0.1) is 0 Å². The van der Waals surface area contributed by atoms with Crippen LogP contribution in [-0.4, -0.2) is 35.1 Å². The maximum atomic E-state index is 4.42. The zero-order valence-corrected chi connectivity index (χ0v) is 12.5. The molecule has 1 aromatic heterocycles. The van der Waals surface area contributed by atoms with Crippen LogP contribution in [0.1, 0.15) is 31.2 Å². The molecule has 1 saturated carbocycles. The van der Waals surface area contributed by atoms with E-state index in [-0.39, 0.29) is 0 Å². The number of hydrogen-bond donors (Lipinski definition) is 1. The Morgan fingerprint density at radius 3 is 3.00 bits per heavy atom. The van der Waals surface area contributed by atoms with Gasteiger partial charge in [0.25, 0.3) is 0 Å². The zero-order valence-electron chi connectivity index (χ0n) is 12.5. The van der Waals surface area contributed by atoms with E-state index in [1.54, 1.807) is 0 Å². The van der Waals surface area contributed by atoms with Crippen LogP contribution in [-0.2, 0) is 6.54 Å². The van der Waals surface area contributed by atoms with Crippen molar-refractivity contribution < 1.29 is 0 Å². The summed E-state index contributed by atoms with van der Waals surface area (Å²) in [4.78, 5) is 7.15. The Morgan fingerprint density at radius 2 is 2.10 bits per heavy atom. The Kier molecular flexibility index (Phi) is 3.40. The minimum absolute atomic E-state index is 0.419. The SMILES string of the molecule is c1cnc2ccc(CN3CCNCC34CCCC4)cc2c1. The first-order valence-corrected chi connectivity index (χ1v) is 8.15. The van der Waals surface area contributed by atoms with Crippen molar-refractivity contribution in [2.75, 3.05) is 19.6 Å². The summed E-state index contributed by atoms with van der Waals surface area (Å²) < 4.78 is 0. The molecule has 4 rings (SSSR count). The second-order valence-electron chi connectivity index (χ2n) is 6.56. The number of hydrogen-bond acceptors (Lipinski definition) is 3. The van der Waals surface area contributed by atoms with Gasteiger partial charge in [-0.3, -0.25) is 9.88 Å². The minimum Gasteiger partial charge on any atom is -0.314 e. The lowest BCUT2D eigenvalue weighted by Crippen LogP contribution is -2.59. The van der Waals surface area contributed by atoms with E-state index in [4.69, 9.17) is 0 Å². The predicted octanol–water partition coefficient (Wildman–Crippen LogP) is 2.95. The Labute approximate surface area is 126 Å². The molecule has 21 heavy (non-hydrogen) atoms. The van der Waals surface area contributed by atoms with Crippen LogP contribution < -0.4 is 5.32 Å². The van der Waals surface area contributed by atoms with Crippen molar-refractivity contribution >= 4 is 10.9 Å². The van der Waals surface area contributed by atoms with E-state index >= 15 is 0 Å². The second kappa shape index (κ2) is 5.39. The molecule has 2 heterocycles. The number of nitrogens with one attached hydrogen (secondary N) is 1. The lowest BCUT2D eigenvalue weighted by Gasteiger charge is -2.45. The Balaban J connectivity index is 1.60. The molecule has 3 heteroatoms. The second-order valence-corrected chi connectivity index (χ2v) is 6.56. The molecule has 1 aliphatic heterocycles. The molecule has 1 aliphatic carbocycles. The van der Waals surface area contributed by atoms with Crippen molar-refractivity contribution in [3.63, 3.8) is 0 Å². The molecule has 1 spiro atoms. The van der Waals surface area contributed by atoms with Crippen molar-refractivity contribution in [3.8, 4) is 0 Å². The summed E-state index contributed by atoms with van der Waals surface area (Å²) in [5.41, 5.74) is 2.93. The van der Waals surface area contributed by atoms with Gasteiger partial charge in [-0.2, -0.15) is 0 Å². The van der Waals surface area contributed by atoms with Gasteiger partial charge >= 0.3 is 0 Å². The first-order valence-electron chi connectivity index (χ1n) is 8.15. The Hall–Kier alpha value is -1.45. The summed E-state index contributed by atoms with van der Waals surface area (Å²) in [5.74, 6) is 0. The highest BCUT2D eigenvalue weighted by atomic mass is 15.3.